The van der Waals surface area contributed by atoms with Gasteiger partial charge in [0.15, 0.2) is 0 Å². The molecule has 2 amide bonds. The van der Waals surface area contributed by atoms with Crippen LogP contribution in [0.2, 0.25) is 0 Å². The molecule has 0 aliphatic heterocycles. The summed E-state index contributed by atoms with van der Waals surface area (Å²) in [4.78, 5) is 20.1. The van der Waals surface area contributed by atoms with Crippen LogP contribution >= 0.6 is 0 Å². The summed E-state index contributed by atoms with van der Waals surface area (Å²) in [6, 6.07) is 1.67. The number of hydrogen-bond acceptors (Lipinski definition) is 4. The van der Waals surface area contributed by atoms with Gasteiger partial charge in [0.25, 0.3) is 0 Å². The van der Waals surface area contributed by atoms with Crippen LogP contribution in [0.15, 0.2) is 18.4 Å². The van der Waals surface area contributed by atoms with E-state index in [-0.39, 0.29) is 6.03 Å². The molecule has 1 aromatic rings. The van der Waals surface area contributed by atoms with E-state index in [2.05, 4.69) is 27.2 Å². The van der Waals surface area contributed by atoms with Gasteiger partial charge >= 0.3 is 6.03 Å². The fourth-order valence-electron chi connectivity index (χ4n) is 1.70. The summed E-state index contributed by atoms with van der Waals surface area (Å²) < 4.78 is 5.14. The predicted octanol–water partition coefficient (Wildman–Crippen LogP) is 1.49. The highest BCUT2D eigenvalue weighted by atomic mass is 16.5. The van der Waals surface area contributed by atoms with E-state index < -0.39 is 0 Å². The van der Waals surface area contributed by atoms with Crippen LogP contribution in [-0.2, 0) is 11.2 Å². The quantitative estimate of drug-likeness (QED) is 0.741. The van der Waals surface area contributed by atoms with E-state index in [0.717, 1.165) is 17.2 Å². The third kappa shape index (κ3) is 6.17. The van der Waals surface area contributed by atoms with Crippen LogP contribution in [0.1, 0.15) is 24.1 Å². The van der Waals surface area contributed by atoms with Crippen molar-refractivity contribution in [2.24, 2.45) is 0 Å². The van der Waals surface area contributed by atoms with E-state index >= 15 is 0 Å². The van der Waals surface area contributed by atoms with Gasteiger partial charge in [-0.2, -0.15) is 0 Å². The average Bonchev–Trinajstić information content (AvgIpc) is 2.35. The number of amides is 2. The Bertz CT molecular complexity index is 454. The fraction of sp³-hybridized carbons (Fsp3) is 0.500. The Balaban J connectivity index is 2.26. The number of urea groups is 1. The number of aromatic nitrogens is 2. The summed E-state index contributed by atoms with van der Waals surface area (Å²) in [7, 11) is 0. The highest BCUT2D eigenvalue weighted by molar-refractivity contribution is 5.73. The number of carbonyl (C=O) groups excluding carboxylic acids is 1. The second kappa shape index (κ2) is 8.14. The van der Waals surface area contributed by atoms with E-state index in [1.54, 1.807) is 0 Å². The largest absolute Gasteiger partial charge is 0.497 e. The number of aryl methyl sites for hydroxylation is 2. The molecule has 0 fully saturated rings. The van der Waals surface area contributed by atoms with E-state index in [1.165, 1.54) is 0 Å². The summed E-state index contributed by atoms with van der Waals surface area (Å²) >= 11 is 0. The maximum Gasteiger partial charge on any atom is 0.315 e. The van der Waals surface area contributed by atoms with Crippen LogP contribution in [0.25, 0.3) is 0 Å². The SMILES string of the molecule is C=C(CNC(=O)NCCc1nc(C)cc(C)n1)OCC. The van der Waals surface area contributed by atoms with Crippen LogP contribution in [0.3, 0.4) is 0 Å². The lowest BCUT2D eigenvalue weighted by Gasteiger charge is -2.09. The minimum atomic E-state index is -0.254. The summed E-state index contributed by atoms with van der Waals surface area (Å²) in [5, 5.41) is 5.40. The van der Waals surface area contributed by atoms with Crippen molar-refractivity contribution in [1.29, 1.82) is 0 Å². The number of hydrogen-bond donors (Lipinski definition) is 2. The number of nitrogens with zero attached hydrogens (tertiary/aromatic N) is 2. The molecular formula is C14H22N4O2. The fourth-order valence-corrected chi connectivity index (χ4v) is 1.70. The van der Waals surface area contributed by atoms with Crippen molar-refractivity contribution in [1.82, 2.24) is 20.6 Å². The van der Waals surface area contributed by atoms with Crippen molar-refractivity contribution in [3.8, 4) is 0 Å². The van der Waals surface area contributed by atoms with Crippen molar-refractivity contribution in [3.63, 3.8) is 0 Å². The second-order valence-electron chi connectivity index (χ2n) is 4.40. The molecule has 0 saturated heterocycles. The van der Waals surface area contributed by atoms with Gasteiger partial charge in [-0.25, -0.2) is 14.8 Å². The number of nitrogens with one attached hydrogen (secondary N) is 2. The molecular weight excluding hydrogens is 256 g/mol. The second-order valence-corrected chi connectivity index (χ2v) is 4.40. The maximum atomic E-state index is 11.5. The number of ether oxygens (including phenoxy) is 1. The molecule has 0 atom stereocenters. The molecule has 20 heavy (non-hydrogen) atoms. The third-order valence-corrected chi connectivity index (χ3v) is 2.46. The van der Waals surface area contributed by atoms with Gasteiger partial charge in [-0.1, -0.05) is 6.58 Å². The lowest BCUT2D eigenvalue weighted by atomic mass is 10.3. The van der Waals surface area contributed by atoms with E-state index in [0.29, 0.717) is 31.9 Å². The Morgan fingerprint density at radius 1 is 1.30 bits per heavy atom. The number of carbonyl (C=O) groups is 1. The number of rotatable bonds is 7. The van der Waals surface area contributed by atoms with E-state index in [9.17, 15) is 4.79 Å². The molecule has 0 aromatic carbocycles. The molecule has 0 bridgehead atoms. The van der Waals surface area contributed by atoms with Gasteiger partial charge < -0.3 is 15.4 Å². The monoisotopic (exact) mass is 278 g/mol. The molecule has 0 saturated carbocycles. The first-order chi connectivity index (χ1) is 9.51. The molecule has 6 nitrogen and oxygen atoms in total. The Morgan fingerprint density at radius 3 is 2.55 bits per heavy atom. The van der Waals surface area contributed by atoms with Crippen LogP contribution in [0.5, 0.6) is 0 Å². The molecule has 0 aliphatic carbocycles. The van der Waals surface area contributed by atoms with E-state index in [4.69, 9.17) is 4.74 Å². The third-order valence-electron chi connectivity index (χ3n) is 2.46. The average molecular weight is 278 g/mol. The molecule has 1 rings (SSSR count). The molecule has 1 aromatic heterocycles. The Hall–Kier alpha value is -2.11. The normalized spacial score (nSPS) is 9.95. The molecule has 0 aliphatic rings. The first kappa shape index (κ1) is 15.9. The van der Waals surface area contributed by atoms with Crippen LogP contribution in [0.4, 0.5) is 4.79 Å². The zero-order chi connectivity index (χ0) is 15.0. The van der Waals surface area contributed by atoms with Gasteiger partial charge in [-0.15, -0.1) is 0 Å². The molecule has 0 unspecified atom stereocenters. The van der Waals surface area contributed by atoms with Crippen molar-refractivity contribution in [3.05, 3.63) is 35.6 Å². The standard InChI is InChI=1S/C14H22N4O2/c1-5-20-12(4)9-16-14(19)15-7-6-13-17-10(2)8-11(3)18-13/h8H,4-7,9H2,1-3H3,(H2,15,16,19). The Morgan fingerprint density at radius 2 is 1.95 bits per heavy atom. The first-order valence-electron chi connectivity index (χ1n) is 6.64. The summed E-state index contributed by atoms with van der Waals surface area (Å²) in [6.45, 7) is 10.7. The molecule has 110 valence electrons. The summed E-state index contributed by atoms with van der Waals surface area (Å²) in [5.74, 6) is 1.28. The van der Waals surface area contributed by atoms with Crippen molar-refractivity contribution in [2.45, 2.75) is 27.2 Å². The lowest BCUT2D eigenvalue weighted by molar-refractivity contribution is 0.216. The van der Waals surface area contributed by atoms with Gasteiger partial charge in [-0.05, 0) is 26.8 Å². The zero-order valence-electron chi connectivity index (χ0n) is 12.3. The van der Waals surface area contributed by atoms with Gasteiger partial charge in [0.05, 0.1) is 13.2 Å². The molecule has 0 spiro atoms. The predicted molar refractivity (Wildman–Crippen MR) is 77.4 cm³/mol. The highest BCUT2D eigenvalue weighted by Crippen LogP contribution is 1.99. The van der Waals surface area contributed by atoms with Gasteiger partial charge in [0.2, 0.25) is 0 Å². The van der Waals surface area contributed by atoms with Gasteiger partial charge in [-0.3, -0.25) is 0 Å². The van der Waals surface area contributed by atoms with Crippen molar-refractivity contribution < 1.29 is 9.53 Å². The Labute approximate surface area is 119 Å². The van der Waals surface area contributed by atoms with Crippen molar-refractivity contribution >= 4 is 6.03 Å². The molecule has 0 radical (unpaired) electrons. The molecule has 2 N–H and O–H groups in total. The molecule has 1 heterocycles. The van der Waals surface area contributed by atoms with Crippen LogP contribution in [-0.4, -0.2) is 35.7 Å². The minimum Gasteiger partial charge on any atom is -0.497 e. The highest BCUT2D eigenvalue weighted by Gasteiger charge is 2.03. The van der Waals surface area contributed by atoms with Crippen LogP contribution in [0, 0.1) is 13.8 Å². The lowest BCUT2D eigenvalue weighted by Crippen LogP contribution is -2.37. The maximum absolute atomic E-state index is 11.5. The minimum absolute atomic E-state index is 0.254. The van der Waals surface area contributed by atoms with Gasteiger partial charge in [0, 0.05) is 24.4 Å². The Kier molecular flexibility index (Phi) is 6.49. The first-order valence-corrected chi connectivity index (χ1v) is 6.64. The van der Waals surface area contributed by atoms with Gasteiger partial charge in [0.1, 0.15) is 11.6 Å². The zero-order valence-corrected chi connectivity index (χ0v) is 12.3. The molecule has 6 heteroatoms. The van der Waals surface area contributed by atoms with Crippen LogP contribution < -0.4 is 10.6 Å². The summed E-state index contributed by atoms with van der Waals surface area (Å²) in [5.41, 5.74) is 1.87. The topological polar surface area (TPSA) is 76.1 Å². The smallest absolute Gasteiger partial charge is 0.315 e. The van der Waals surface area contributed by atoms with E-state index in [1.807, 2.05) is 26.8 Å². The summed E-state index contributed by atoms with van der Waals surface area (Å²) in [6.07, 6.45) is 0.600. The van der Waals surface area contributed by atoms with Crippen molar-refractivity contribution in [2.75, 3.05) is 19.7 Å².